The van der Waals surface area contributed by atoms with Gasteiger partial charge in [0.1, 0.15) is 18.1 Å². The summed E-state index contributed by atoms with van der Waals surface area (Å²) < 4.78 is 18.5. The highest BCUT2D eigenvalue weighted by Gasteiger charge is 2.16. The topological polar surface area (TPSA) is 69.9 Å². The lowest BCUT2D eigenvalue weighted by Crippen LogP contribution is -2.14. The van der Waals surface area contributed by atoms with Gasteiger partial charge < -0.3 is 4.74 Å². The Morgan fingerprint density at radius 1 is 1.25 bits per heavy atom. The van der Waals surface area contributed by atoms with Crippen molar-refractivity contribution in [2.24, 2.45) is 0 Å². The second kappa shape index (κ2) is 6.76. The minimum atomic E-state index is -0.521. The van der Waals surface area contributed by atoms with Crippen molar-refractivity contribution in [3.05, 3.63) is 58.9 Å². The van der Waals surface area contributed by atoms with E-state index in [-0.39, 0.29) is 17.9 Å². The highest BCUT2D eigenvalue weighted by atomic mass is 35.5. The van der Waals surface area contributed by atoms with Gasteiger partial charge in [0.05, 0.1) is 12.7 Å². The van der Waals surface area contributed by atoms with Crippen molar-refractivity contribution in [3.63, 3.8) is 0 Å². The molecule has 1 aromatic heterocycles. The zero-order chi connectivity index (χ0) is 17.1. The molecule has 24 heavy (non-hydrogen) atoms. The SMILES string of the molecule is COc1ccc(F)cc1C(=O)Cn1nnc(-c2ccc(Cl)cc2)n1. The van der Waals surface area contributed by atoms with E-state index in [0.29, 0.717) is 16.6 Å². The van der Waals surface area contributed by atoms with Crippen LogP contribution in [-0.4, -0.2) is 33.1 Å². The molecule has 2 aromatic carbocycles. The number of carbonyl (C=O) groups is 1. The van der Waals surface area contributed by atoms with Crippen LogP contribution in [0.25, 0.3) is 11.4 Å². The number of carbonyl (C=O) groups excluding carboxylic acids is 1. The maximum atomic E-state index is 13.4. The van der Waals surface area contributed by atoms with Crippen molar-refractivity contribution in [2.75, 3.05) is 7.11 Å². The summed E-state index contributed by atoms with van der Waals surface area (Å²) in [5.41, 5.74) is 0.851. The molecule has 0 fully saturated rings. The van der Waals surface area contributed by atoms with Crippen LogP contribution in [-0.2, 0) is 6.54 Å². The predicted molar refractivity (Wildman–Crippen MR) is 85.5 cm³/mol. The molecule has 0 saturated carbocycles. The summed E-state index contributed by atoms with van der Waals surface area (Å²) >= 11 is 5.83. The standard InChI is InChI=1S/C16H12ClFN4O2/c1-24-15-7-6-12(18)8-13(15)14(23)9-22-20-16(19-21-22)10-2-4-11(17)5-3-10/h2-8H,9H2,1H3. The number of hydrogen-bond donors (Lipinski definition) is 0. The van der Waals surface area contributed by atoms with E-state index in [2.05, 4.69) is 15.4 Å². The second-order valence-corrected chi connectivity index (χ2v) is 5.35. The first-order chi connectivity index (χ1) is 11.6. The molecule has 6 nitrogen and oxygen atoms in total. The maximum absolute atomic E-state index is 13.4. The Morgan fingerprint density at radius 2 is 2.00 bits per heavy atom. The molecule has 1 heterocycles. The summed E-state index contributed by atoms with van der Waals surface area (Å²) in [6, 6.07) is 10.7. The van der Waals surface area contributed by atoms with Gasteiger partial charge in [-0.2, -0.15) is 4.80 Å². The van der Waals surface area contributed by atoms with Gasteiger partial charge in [0.2, 0.25) is 5.82 Å². The minimum absolute atomic E-state index is 0.128. The summed E-state index contributed by atoms with van der Waals surface area (Å²) in [7, 11) is 1.41. The van der Waals surface area contributed by atoms with Gasteiger partial charge in [0, 0.05) is 10.6 Å². The lowest BCUT2D eigenvalue weighted by molar-refractivity contribution is 0.0958. The number of tetrazole rings is 1. The average molecular weight is 347 g/mol. The van der Waals surface area contributed by atoms with Crippen molar-refractivity contribution < 1.29 is 13.9 Å². The van der Waals surface area contributed by atoms with Crippen molar-refractivity contribution in [1.29, 1.82) is 0 Å². The van der Waals surface area contributed by atoms with Crippen molar-refractivity contribution in [3.8, 4) is 17.1 Å². The fourth-order valence-corrected chi connectivity index (χ4v) is 2.26. The van der Waals surface area contributed by atoms with Gasteiger partial charge >= 0.3 is 0 Å². The molecule has 3 rings (SSSR count). The molecule has 0 atom stereocenters. The monoisotopic (exact) mass is 346 g/mol. The lowest BCUT2D eigenvalue weighted by atomic mass is 10.1. The van der Waals surface area contributed by atoms with Crippen molar-refractivity contribution >= 4 is 17.4 Å². The zero-order valence-electron chi connectivity index (χ0n) is 12.6. The Bertz CT molecular complexity index is 880. The average Bonchev–Trinajstić information content (AvgIpc) is 3.04. The third-order valence-electron chi connectivity index (χ3n) is 3.30. The maximum Gasteiger partial charge on any atom is 0.204 e. The fraction of sp³-hybridized carbons (Fsp3) is 0.125. The van der Waals surface area contributed by atoms with Crippen LogP contribution in [0.4, 0.5) is 4.39 Å². The number of halogens is 2. The number of nitrogens with zero attached hydrogens (tertiary/aromatic N) is 4. The van der Waals surface area contributed by atoms with Gasteiger partial charge in [-0.3, -0.25) is 4.79 Å². The molecule has 0 radical (unpaired) electrons. The quantitative estimate of drug-likeness (QED) is 0.664. The van der Waals surface area contributed by atoms with Crippen LogP contribution in [0, 0.1) is 5.82 Å². The molecule has 0 aliphatic carbocycles. The Hall–Kier alpha value is -2.80. The van der Waals surface area contributed by atoms with Crippen LogP contribution < -0.4 is 4.74 Å². The molecule has 8 heteroatoms. The van der Waals surface area contributed by atoms with Gasteiger partial charge in [-0.1, -0.05) is 11.6 Å². The van der Waals surface area contributed by atoms with Gasteiger partial charge in [0.25, 0.3) is 0 Å². The number of Topliss-reactive ketones (excluding diaryl/α,β-unsaturated/α-hetero) is 1. The highest BCUT2D eigenvalue weighted by Crippen LogP contribution is 2.21. The Balaban J connectivity index is 1.81. The van der Waals surface area contributed by atoms with E-state index < -0.39 is 5.82 Å². The molecule has 0 aliphatic rings. The van der Waals surface area contributed by atoms with Gasteiger partial charge in [-0.15, -0.1) is 10.2 Å². The third-order valence-corrected chi connectivity index (χ3v) is 3.55. The van der Waals surface area contributed by atoms with Crippen molar-refractivity contribution in [1.82, 2.24) is 20.2 Å². The first-order valence-corrected chi connectivity index (χ1v) is 7.35. The molecular formula is C16H12ClFN4O2. The van der Waals surface area contributed by atoms with Gasteiger partial charge in [-0.05, 0) is 47.7 Å². The van der Waals surface area contributed by atoms with E-state index in [4.69, 9.17) is 16.3 Å². The molecule has 0 aliphatic heterocycles. The summed E-state index contributed by atoms with van der Waals surface area (Å²) in [6.07, 6.45) is 0. The van der Waals surface area contributed by atoms with Crippen LogP contribution in [0.5, 0.6) is 5.75 Å². The Kier molecular flexibility index (Phi) is 4.52. The minimum Gasteiger partial charge on any atom is -0.496 e. The number of ketones is 1. The summed E-state index contributed by atoms with van der Waals surface area (Å²) in [4.78, 5) is 13.5. The number of aromatic nitrogens is 4. The molecule has 0 N–H and O–H groups in total. The number of methoxy groups -OCH3 is 1. The Morgan fingerprint density at radius 3 is 2.71 bits per heavy atom. The molecule has 3 aromatic rings. The number of hydrogen-bond acceptors (Lipinski definition) is 5. The summed E-state index contributed by atoms with van der Waals surface area (Å²) in [5, 5.41) is 12.5. The third kappa shape index (κ3) is 3.41. The van der Waals surface area contributed by atoms with Crippen LogP contribution in [0.1, 0.15) is 10.4 Å². The number of benzene rings is 2. The second-order valence-electron chi connectivity index (χ2n) is 4.92. The molecule has 0 bridgehead atoms. The van der Waals surface area contributed by atoms with E-state index >= 15 is 0 Å². The van der Waals surface area contributed by atoms with E-state index in [1.165, 1.54) is 19.2 Å². The van der Waals surface area contributed by atoms with Crippen LogP contribution in [0.2, 0.25) is 5.02 Å². The van der Waals surface area contributed by atoms with Gasteiger partial charge in [0.15, 0.2) is 5.78 Å². The molecule has 0 amide bonds. The zero-order valence-corrected chi connectivity index (χ0v) is 13.4. The largest absolute Gasteiger partial charge is 0.496 e. The van der Waals surface area contributed by atoms with E-state index in [1.54, 1.807) is 24.3 Å². The van der Waals surface area contributed by atoms with E-state index in [1.807, 2.05) is 0 Å². The predicted octanol–water partition coefficient (Wildman–Crippen LogP) is 3.02. The summed E-state index contributed by atoms with van der Waals surface area (Å²) in [6.45, 7) is -0.180. The molecule has 0 unspecified atom stereocenters. The highest BCUT2D eigenvalue weighted by molar-refractivity contribution is 6.30. The fourth-order valence-electron chi connectivity index (χ4n) is 2.14. The molecule has 122 valence electrons. The molecule has 0 saturated heterocycles. The Labute approximate surface area is 141 Å². The molecule has 0 spiro atoms. The number of rotatable bonds is 5. The normalized spacial score (nSPS) is 10.6. The first kappa shape index (κ1) is 16.1. The van der Waals surface area contributed by atoms with Gasteiger partial charge in [-0.25, -0.2) is 4.39 Å². The summed E-state index contributed by atoms with van der Waals surface area (Å²) in [5.74, 6) is -0.246. The smallest absolute Gasteiger partial charge is 0.204 e. The van der Waals surface area contributed by atoms with Crippen LogP contribution in [0.3, 0.4) is 0 Å². The van der Waals surface area contributed by atoms with Crippen LogP contribution >= 0.6 is 11.6 Å². The van der Waals surface area contributed by atoms with E-state index in [9.17, 15) is 9.18 Å². The number of ether oxygens (including phenoxy) is 1. The lowest BCUT2D eigenvalue weighted by Gasteiger charge is -2.06. The van der Waals surface area contributed by atoms with Crippen molar-refractivity contribution in [2.45, 2.75) is 6.54 Å². The molecular weight excluding hydrogens is 335 g/mol. The first-order valence-electron chi connectivity index (χ1n) is 6.97. The van der Waals surface area contributed by atoms with E-state index in [0.717, 1.165) is 16.4 Å². The van der Waals surface area contributed by atoms with Crippen LogP contribution in [0.15, 0.2) is 42.5 Å².